The number of piperidine rings is 1. The SMILES string of the molecule is CC1CC(C)CN(c2nc3ccccc3cc2CO)C1. The van der Waals surface area contributed by atoms with Crippen LogP contribution in [0.2, 0.25) is 0 Å². The van der Waals surface area contributed by atoms with Crippen LogP contribution in [0.4, 0.5) is 5.82 Å². The fraction of sp³-hybridized carbons (Fsp3) is 0.471. The van der Waals surface area contributed by atoms with Crippen molar-refractivity contribution in [2.24, 2.45) is 11.8 Å². The van der Waals surface area contributed by atoms with E-state index < -0.39 is 0 Å². The average molecular weight is 270 g/mol. The van der Waals surface area contributed by atoms with E-state index in [9.17, 15) is 5.11 Å². The standard InChI is InChI=1S/C17H22N2O/c1-12-7-13(2)10-19(9-12)17-15(11-20)8-14-5-3-4-6-16(14)18-17/h3-6,8,12-13,20H,7,9-11H2,1-2H3. The minimum Gasteiger partial charge on any atom is -0.392 e. The molecular formula is C17H22N2O. The van der Waals surface area contributed by atoms with Gasteiger partial charge in [-0.25, -0.2) is 4.98 Å². The molecule has 2 atom stereocenters. The summed E-state index contributed by atoms with van der Waals surface area (Å²) in [6.45, 7) is 6.70. The van der Waals surface area contributed by atoms with Crippen molar-refractivity contribution in [3.8, 4) is 0 Å². The lowest BCUT2D eigenvalue weighted by Gasteiger charge is -2.36. The van der Waals surface area contributed by atoms with Gasteiger partial charge < -0.3 is 10.0 Å². The van der Waals surface area contributed by atoms with Gasteiger partial charge in [-0.15, -0.1) is 0 Å². The first-order chi connectivity index (χ1) is 9.67. The Hall–Kier alpha value is -1.61. The van der Waals surface area contributed by atoms with Crippen molar-refractivity contribution in [1.29, 1.82) is 0 Å². The summed E-state index contributed by atoms with van der Waals surface area (Å²) in [7, 11) is 0. The molecule has 0 aliphatic carbocycles. The van der Waals surface area contributed by atoms with Crippen LogP contribution in [0.15, 0.2) is 30.3 Å². The molecule has 2 heterocycles. The summed E-state index contributed by atoms with van der Waals surface area (Å²) in [4.78, 5) is 7.15. The highest BCUT2D eigenvalue weighted by Gasteiger charge is 2.24. The van der Waals surface area contributed by atoms with Gasteiger partial charge in [-0.1, -0.05) is 32.0 Å². The van der Waals surface area contributed by atoms with Crippen LogP contribution in [0.5, 0.6) is 0 Å². The van der Waals surface area contributed by atoms with Crippen LogP contribution in [0.3, 0.4) is 0 Å². The van der Waals surface area contributed by atoms with E-state index in [1.165, 1.54) is 6.42 Å². The van der Waals surface area contributed by atoms with Gasteiger partial charge >= 0.3 is 0 Å². The Bertz CT molecular complexity index is 601. The first-order valence-electron chi connectivity index (χ1n) is 7.42. The van der Waals surface area contributed by atoms with Gasteiger partial charge in [0.2, 0.25) is 0 Å². The monoisotopic (exact) mass is 270 g/mol. The number of nitrogens with zero attached hydrogens (tertiary/aromatic N) is 2. The summed E-state index contributed by atoms with van der Waals surface area (Å²) >= 11 is 0. The fourth-order valence-corrected chi connectivity index (χ4v) is 3.38. The number of hydrogen-bond donors (Lipinski definition) is 1. The minimum absolute atomic E-state index is 0.0480. The molecule has 0 radical (unpaired) electrons. The van der Waals surface area contributed by atoms with Crippen molar-refractivity contribution < 1.29 is 5.11 Å². The molecule has 3 heteroatoms. The number of fused-ring (bicyclic) bond motifs is 1. The lowest BCUT2D eigenvalue weighted by atomic mass is 9.91. The molecule has 2 aromatic rings. The number of benzene rings is 1. The number of rotatable bonds is 2. The van der Waals surface area contributed by atoms with Crippen LogP contribution in [-0.2, 0) is 6.61 Å². The third-order valence-electron chi connectivity index (χ3n) is 4.12. The highest BCUT2D eigenvalue weighted by atomic mass is 16.3. The first kappa shape index (κ1) is 13.4. The highest BCUT2D eigenvalue weighted by molar-refractivity contribution is 5.81. The summed E-state index contributed by atoms with van der Waals surface area (Å²) < 4.78 is 0. The summed E-state index contributed by atoms with van der Waals surface area (Å²) in [6.07, 6.45) is 1.28. The van der Waals surface area contributed by atoms with E-state index in [1.807, 2.05) is 24.3 Å². The Morgan fingerprint density at radius 3 is 2.60 bits per heavy atom. The second kappa shape index (κ2) is 5.41. The van der Waals surface area contributed by atoms with Gasteiger partial charge in [0.1, 0.15) is 5.82 Å². The molecule has 3 rings (SSSR count). The van der Waals surface area contributed by atoms with E-state index in [1.54, 1.807) is 0 Å². The number of pyridine rings is 1. The van der Waals surface area contributed by atoms with Crippen molar-refractivity contribution >= 4 is 16.7 Å². The molecule has 106 valence electrons. The van der Waals surface area contributed by atoms with Gasteiger partial charge in [-0.3, -0.25) is 0 Å². The van der Waals surface area contributed by atoms with E-state index in [2.05, 4.69) is 24.8 Å². The largest absolute Gasteiger partial charge is 0.392 e. The van der Waals surface area contributed by atoms with Crippen LogP contribution < -0.4 is 4.90 Å². The third-order valence-corrected chi connectivity index (χ3v) is 4.12. The minimum atomic E-state index is 0.0480. The summed E-state index contributed by atoms with van der Waals surface area (Å²) in [5, 5.41) is 10.8. The molecule has 3 nitrogen and oxygen atoms in total. The van der Waals surface area contributed by atoms with E-state index in [-0.39, 0.29) is 6.61 Å². The molecule has 2 unspecified atom stereocenters. The van der Waals surface area contributed by atoms with Crippen molar-refractivity contribution in [2.45, 2.75) is 26.9 Å². The fourth-order valence-electron chi connectivity index (χ4n) is 3.38. The molecule has 1 saturated heterocycles. The predicted octanol–water partition coefficient (Wildman–Crippen LogP) is 3.21. The number of aliphatic hydroxyl groups is 1. The smallest absolute Gasteiger partial charge is 0.134 e. The molecule has 1 aromatic carbocycles. The molecule has 1 N–H and O–H groups in total. The maximum Gasteiger partial charge on any atom is 0.134 e. The van der Waals surface area contributed by atoms with Gasteiger partial charge in [0.15, 0.2) is 0 Å². The first-order valence-corrected chi connectivity index (χ1v) is 7.42. The summed E-state index contributed by atoms with van der Waals surface area (Å²) in [5.41, 5.74) is 1.94. The molecule has 1 aliphatic heterocycles. The van der Waals surface area contributed by atoms with Crippen LogP contribution in [0, 0.1) is 11.8 Å². The maximum atomic E-state index is 9.67. The highest BCUT2D eigenvalue weighted by Crippen LogP contribution is 2.29. The maximum absolute atomic E-state index is 9.67. The van der Waals surface area contributed by atoms with E-state index in [0.717, 1.165) is 35.4 Å². The summed E-state index contributed by atoms with van der Waals surface area (Å²) in [5.74, 6) is 2.32. The van der Waals surface area contributed by atoms with Gasteiger partial charge in [-0.2, -0.15) is 0 Å². The molecular weight excluding hydrogens is 248 g/mol. The lowest BCUT2D eigenvalue weighted by Crippen LogP contribution is -2.39. The molecule has 0 amide bonds. The quantitative estimate of drug-likeness (QED) is 0.910. The number of aliphatic hydroxyl groups excluding tert-OH is 1. The Morgan fingerprint density at radius 1 is 1.20 bits per heavy atom. The van der Waals surface area contributed by atoms with Gasteiger partial charge in [0, 0.05) is 24.0 Å². The van der Waals surface area contributed by atoms with Crippen LogP contribution in [-0.4, -0.2) is 23.2 Å². The van der Waals surface area contributed by atoms with Crippen LogP contribution in [0.1, 0.15) is 25.8 Å². The number of anilines is 1. The normalized spacial score (nSPS) is 23.2. The average Bonchev–Trinajstić information content (AvgIpc) is 2.44. The zero-order chi connectivity index (χ0) is 14.1. The second-order valence-electron chi connectivity index (χ2n) is 6.17. The molecule has 0 saturated carbocycles. The van der Waals surface area contributed by atoms with Crippen molar-refractivity contribution in [3.05, 3.63) is 35.9 Å². The summed E-state index contributed by atoms with van der Waals surface area (Å²) in [6, 6.07) is 10.2. The Balaban J connectivity index is 2.04. The van der Waals surface area contributed by atoms with Crippen LogP contribution >= 0.6 is 0 Å². The number of hydrogen-bond acceptors (Lipinski definition) is 3. The van der Waals surface area contributed by atoms with Gasteiger partial charge in [-0.05, 0) is 30.4 Å². The Morgan fingerprint density at radius 2 is 1.90 bits per heavy atom. The zero-order valence-corrected chi connectivity index (χ0v) is 12.2. The number of aromatic nitrogens is 1. The molecule has 0 spiro atoms. The van der Waals surface area contributed by atoms with E-state index >= 15 is 0 Å². The lowest BCUT2D eigenvalue weighted by molar-refractivity contribution is 0.280. The Kier molecular flexibility index (Phi) is 3.62. The van der Waals surface area contributed by atoms with Gasteiger partial charge in [0.05, 0.1) is 12.1 Å². The molecule has 1 aromatic heterocycles. The van der Waals surface area contributed by atoms with E-state index in [4.69, 9.17) is 4.98 Å². The van der Waals surface area contributed by atoms with Crippen molar-refractivity contribution in [1.82, 2.24) is 4.98 Å². The second-order valence-corrected chi connectivity index (χ2v) is 6.17. The van der Waals surface area contributed by atoms with Crippen molar-refractivity contribution in [3.63, 3.8) is 0 Å². The molecule has 20 heavy (non-hydrogen) atoms. The van der Waals surface area contributed by atoms with Crippen molar-refractivity contribution in [2.75, 3.05) is 18.0 Å². The van der Waals surface area contributed by atoms with Crippen LogP contribution in [0.25, 0.3) is 10.9 Å². The predicted molar refractivity (Wildman–Crippen MR) is 82.8 cm³/mol. The van der Waals surface area contributed by atoms with Gasteiger partial charge in [0.25, 0.3) is 0 Å². The van der Waals surface area contributed by atoms with E-state index in [0.29, 0.717) is 11.8 Å². The zero-order valence-electron chi connectivity index (χ0n) is 12.2. The molecule has 1 fully saturated rings. The third kappa shape index (κ3) is 2.50. The Labute approximate surface area is 120 Å². The number of para-hydroxylation sites is 1. The molecule has 1 aliphatic rings. The molecule has 0 bridgehead atoms. The topological polar surface area (TPSA) is 36.4 Å².